The summed E-state index contributed by atoms with van der Waals surface area (Å²) in [5.74, 6) is 0. The van der Waals surface area contributed by atoms with Gasteiger partial charge in [-0.1, -0.05) is 26.0 Å². The number of nitrogens with two attached hydrogens (primary N) is 1. The Balaban J connectivity index is 2.72. The van der Waals surface area contributed by atoms with Gasteiger partial charge in [-0.3, -0.25) is 0 Å². The Morgan fingerprint density at radius 2 is 1.73 bits per heavy atom. The molecule has 2 heteroatoms. The molecule has 0 unspecified atom stereocenters. The Kier molecular flexibility index (Phi) is 5.19. The summed E-state index contributed by atoms with van der Waals surface area (Å²) in [5.41, 5.74) is 8.29. The fraction of sp³-hybridized carbons (Fsp3) is 0.538. The van der Waals surface area contributed by atoms with E-state index in [1.165, 1.54) is 11.3 Å². The van der Waals surface area contributed by atoms with Gasteiger partial charge in [0, 0.05) is 25.3 Å². The van der Waals surface area contributed by atoms with E-state index in [9.17, 15) is 0 Å². The van der Waals surface area contributed by atoms with Gasteiger partial charge in [0.25, 0.3) is 0 Å². The minimum absolute atomic E-state index is 0.718. The lowest BCUT2D eigenvalue weighted by atomic mass is 10.1. The Bertz CT molecular complexity index is 260. The second-order valence-corrected chi connectivity index (χ2v) is 3.80. The van der Waals surface area contributed by atoms with Crippen LogP contribution in [0, 0.1) is 0 Å². The third kappa shape index (κ3) is 3.56. The molecule has 0 aliphatic heterocycles. The lowest BCUT2D eigenvalue weighted by molar-refractivity contribution is 0.762. The van der Waals surface area contributed by atoms with Crippen LogP contribution in [-0.4, -0.2) is 19.6 Å². The number of hydrogen-bond donors (Lipinski definition) is 1. The van der Waals surface area contributed by atoms with Crippen molar-refractivity contribution < 1.29 is 0 Å². The molecule has 0 amide bonds. The van der Waals surface area contributed by atoms with Gasteiger partial charge < -0.3 is 10.6 Å². The third-order valence-electron chi connectivity index (χ3n) is 2.60. The molecular formula is C13H22N2. The largest absolute Gasteiger partial charge is 0.370 e. The van der Waals surface area contributed by atoms with E-state index in [0.717, 1.165) is 32.5 Å². The Hall–Kier alpha value is -1.02. The molecular weight excluding hydrogens is 184 g/mol. The summed E-state index contributed by atoms with van der Waals surface area (Å²) in [5, 5.41) is 0. The Morgan fingerprint density at radius 1 is 1.07 bits per heavy atom. The number of aryl methyl sites for hydroxylation is 1. The monoisotopic (exact) mass is 206 g/mol. The maximum atomic E-state index is 5.61. The van der Waals surface area contributed by atoms with E-state index in [1.807, 2.05) is 0 Å². The van der Waals surface area contributed by atoms with Crippen molar-refractivity contribution in [3.05, 3.63) is 29.8 Å². The van der Waals surface area contributed by atoms with E-state index in [2.05, 4.69) is 43.0 Å². The molecule has 0 saturated heterocycles. The standard InChI is InChI=1S/C13H22N2/c1-3-10-15(11-9-14)13-7-5-12(4-2)6-8-13/h5-8H,3-4,9-11,14H2,1-2H3. The van der Waals surface area contributed by atoms with Gasteiger partial charge in [-0.2, -0.15) is 0 Å². The van der Waals surface area contributed by atoms with Gasteiger partial charge in [-0.15, -0.1) is 0 Å². The van der Waals surface area contributed by atoms with E-state index in [1.54, 1.807) is 0 Å². The van der Waals surface area contributed by atoms with Gasteiger partial charge in [-0.05, 0) is 30.5 Å². The summed E-state index contributed by atoms with van der Waals surface area (Å²) in [6.45, 7) is 7.13. The van der Waals surface area contributed by atoms with Crippen LogP contribution in [-0.2, 0) is 6.42 Å². The number of rotatable bonds is 6. The summed E-state index contributed by atoms with van der Waals surface area (Å²) in [6.07, 6.45) is 2.26. The molecule has 0 aliphatic rings. The van der Waals surface area contributed by atoms with Crippen molar-refractivity contribution in [3.8, 4) is 0 Å². The molecule has 0 bridgehead atoms. The molecule has 84 valence electrons. The summed E-state index contributed by atoms with van der Waals surface area (Å²) < 4.78 is 0. The molecule has 0 saturated carbocycles. The maximum absolute atomic E-state index is 5.61. The van der Waals surface area contributed by atoms with Gasteiger partial charge in [0.2, 0.25) is 0 Å². The molecule has 0 aliphatic carbocycles. The van der Waals surface area contributed by atoms with Crippen molar-refractivity contribution in [2.45, 2.75) is 26.7 Å². The molecule has 0 heterocycles. The van der Waals surface area contributed by atoms with Crippen LogP contribution in [0.1, 0.15) is 25.8 Å². The third-order valence-corrected chi connectivity index (χ3v) is 2.60. The van der Waals surface area contributed by atoms with Crippen LogP contribution < -0.4 is 10.6 Å². The zero-order valence-corrected chi connectivity index (χ0v) is 9.87. The fourth-order valence-corrected chi connectivity index (χ4v) is 1.74. The first-order valence-corrected chi connectivity index (χ1v) is 5.85. The van der Waals surface area contributed by atoms with Gasteiger partial charge >= 0.3 is 0 Å². The molecule has 2 nitrogen and oxygen atoms in total. The quantitative estimate of drug-likeness (QED) is 0.774. The van der Waals surface area contributed by atoms with E-state index in [-0.39, 0.29) is 0 Å². The summed E-state index contributed by atoms with van der Waals surface area (Å²) in [4.78, 5) is 2.35. The molecule has 1 rings (SSSR count). The van der Waals surface area contributed by atoms with Crippen molar-refractivity contribution in [3.63, 3.8) is 0 Å². The zero-order chi connectivity index (χ0) is 11.1. The van der Waals surface area contributed by atoms with Crippen LogP contribution >= 0.6 is 0 Å². The first kappa shape index (κ1) is 12.1. The van der Waals surface area contributed by atoms with Crippen molar-refractivity contribution in [2.75, 3.05) is 24.5 Å². The molecule has 2 N–H and O–H groups in total. The topological polar surface area (TPSA) is 29.3 Å². The maximum Gasteiger partial charge on any atom is 0.0366 e. The SMILES string of the molecule is CCCN(CCN)c1ccc(CC)cc1. The zero-order valence-electron chi connectivity index (χ0n) is 9.87. The number of anilines is 1. The second-order valence-electron chi connectivity index (χ2n) is 3.80. The molecule has 0 fully saturated rings. The fourth-order valence-electron chi connectivity index (χ4n) is 1.74. The number of benzene rings is 1. The first-order chi connectivity index (χ1) is 7.31. The highest BCUT2D eigenvalue weighted by molar-refractivity contribution is 5.47. The van der Waals surface area contributed by atoms with Crippen LogP contribution in [0.3, 0.4) is 0 Å². The second kappa shape index (κ2) is 6.46. The molecule has 0 atom stereocenters. The van der Waals surface area contributed by atoms with E-state index < -0.39 is 0 Å². The average molecular weight is 206 g/mol. The highest BCUT2D eigenvalue weighted by atomic mass is 15.1. The van der Waals surface area contributed by atoms with Crippen LogP contribution in [0.2, 0.25) is 0 Å². The number of hydrogen-bond acceptors (Lipinski definition) is 2. The van der Waals surface area contributed by atoms with E-state index in [4.69, 9.17) is 5.73 Å². The van der Waals surface area contributed by atoms with Crippen molar-refractivity contribution in [2.24, 2.45) is 5.73 Å². The summed E-state index contributed by atoms with van der Waals surface area (Å²) >= 11 is 0. The Labute approximate surface area is 93.1 Å². The normalized spacial score (nSPS) is 10.3. The molecule has 0 aromatic heterocycles. The summed E-state index contributed by atoms with van der Waals surface area (Å²) in [7, 11) is 0. The predicted octanol–water partition coefficient (Wildman–Crippen LogP) is 2.42. The molecule has 0 radical (unpaired) electrons. The predicted molar refractivity (Wildman–Crippen MR) is 67.4 cm³/mol. The van der Waals surface area contributed by atoms with Crippen LogP contribution in [0.25, 0.3) is 0 Å². The Morgan fingerprint density at radius 3 is 2.20 bits per heavy atom. The van der Waals surface area contributed by atoms with E-state index >= 15 is 0 Å². The highest BCUT2D eigenvalue weighted by Gasteiger charge is 2.03. The van der Waals surface area contributed by atoms with Crippen LogP contribution in [0.5, 0.6) is 0 Å². The minimum Gasteiger partial charge on any atom is -0.370 e. The molecule has 15 heavy (non-hydrogen) atoms. The lowest BCUT2D eigenvalue weighted by Gasteiger charge is -2.23. The smallest absolute Gasteiger partial charge is 0.0366 e. The lowest BCUT2D eigenvalue weighted by Crippen LogP contribution is -2.30. The van der Waals surface area contributed by atoms with E-state index in [0.29, 0.717) is 0 Å². The van der Waals surface area contributed by atoms with Gasteiger partial charge in [0.05, 0.1) is 0 Å². The van der Waals surface area contributed by atoms with Gasteiger partial charge in [0.15, 0.2) is 0 Å². The van der Waals surface area contributed by atoms with Gasteiger partial charge in [-0.25, -0.2) is 0 Å². The van der Waals surface area contributed by atoms with Crippen molar-refractivity contribution in [1.29, 1.82) is 0 Å². The summed E-state index contributed by atoms with van der Waals surface area (Å²) in [6, 6.07) is 8.80. The first-order valence-electron chi connectivity index (χ1n) is 5.85. The van der Waals surface area contributed by atoms with Gasteiger partial charge in [0.1, 0.15) is 0 Å². The van der Waals surface area contributed by atoms with Crippen molar-refractivity contribution >= 4 is 5.69 Å². The minimum atomic E-state index is 0.718. The highest BCUT2D eigenvalue weighted by Crippen LogP contribution is 2.15. The van der Waals surface area contributed by atoms with Crippen molar-refractivity contribution in [1.82, 2.24) is 0 Å². The van der Waals surface area contributed by atoms with Crippen LogP contribution in [0.15, 0.2) is 24.3 Å². The molecule has 0 spiro atoms. The van der Waals surface area contributed by atoms with Crippen LogP contribution in [0.4, 0.5) is 5.69 Å². The molecule has 1 aromatic carbocycles. The molecule has 1 aromatic rings. The average Bonchev–Trinajstić information content (AvgIpc) is 2.29. The number of nitrogens with zero attached hydrogens (tertiary/aromatic N) is 1.